The molecule has 1 heteroatoms. The van der Waals surface area contributed by atoms with Crippen LogP contribution < -0.4 is 5.32 Å². The fourth-order valence-corrected chi connectivity index (χ4v) is 3.26. The summed E-state index contributed by atoms with van der Waals surface area (Å²) >= 11 is 0. The van der Waals surface area contributed by atoms with Crippen LogP contribution in [0, 0.1) is 17.3 Å². The summed E-state index contributed by atoms with van der Waals surface area (Å²) in [5.74, 6) is 1.62. The monoisotopic (exact) mass is 211 g/mol. The van der Waals surface area contributed by atoms with Crippen LogP contribution in [0.1, 0.15) is 60.3 Å². The molecule has 1 nitrogen and oxygen atoms in total. The maximum absolute atomic E-state index is 3.71. The van der Waals surface area contributed by atoms with Crippen molar-refractivity contribution in [2.45, 2.75) is 66.3 Å². The van der Waals surface area contributed by atoms with Gasteiger partial charge in [-0.25, -0.2) is 0 Å². The van der Waals surface area contributed by atoms with Crippen molar-refractivity contribution >= 4 is 0 Å². The molecule has 2 atom stereocenters. The van der Waals surface area contributed by atoms with Gasteiger partial charge < -0.3 is 5.32 Å². The van der Waals surface area contributed by atoms with E-state index in [1.165, 1.54) is 25.7 Å². The molecule has 0 aromatic carbocycles. The van der Waals surface area contributed by atoms with Crippen molar-refractivity contribution in [3.05, 3.63) is 0 Å². The smallest absolute Gasteiger partial charge is 0.0123 e. The number of hydrogen-bond acceptors (Lipinski definition) is 1. The van der Waals surface area contributed by atoms with Gasteiger partial charge in [0, 0.05) is 6.04 Å². The van der Waals surface area contributed by atoms with E-state index in [-0.39, 0.29) is 0 Å². The minimum Gasteiger partial charge on any atom is -0.314 e. The Kier molecular flexibility index (Phi) is 4.64. The van der Waals surface area contributed by atoms with E-state index >= 15 is 0 Å². The van der Waals surface area contributed by atoms with Gasteiger partial charge >= 0.3 is 0 Å². The molecule has 0 heterocycles. The quantitative estimate of drug-likeness (QED) is 0.745. The lowest BCUT2D eigenvalue weighted by Gasteiger charge is -2.45. The molecule has 1 aliphatic rings. The van der Waals surface area contributed by atoms with Crippen LogP contribution in [0.15, 0.2) is 0 Å². The van der Waals surface area contributed by atoms with Crippen molar-refractivity contribution in [3.8, 4) is 0 Å². The third-order valence-electron chi connectivity index (χ3n) is 4.18. The molecule has 0 aromatic rings. The standard InChI is InChI=1S/C14H29N/c1-6-15-13(11(2)3)12-9-7-8-10-14(12,4)5/h11-13,15H,6-10H2,1-5H3. The summed E-state index contributed by atoms with van der Waals surface area (Å²) in [5.41, 5.74) is 0.537. The van der Waals surface area contributed by atoms with Crippen LogP contribution in [0.5, 0.6) is 0 Å². The first-order chi connectivity index (χ1) is 6.99. The van der Waals surface area contributed by atoms with Crippen LogP contribution >= 0.6 is 0 Å². The number of rotatable bonds is 4. The topological polar surface area (TPSA) is 12.0 Å². The summed E-state index contributed by atoms with van der Waals surface area (Å²) in [6, 6.07) is 0.713. The third kappa shape index (κ3) is 3.21. The average Bonchev–Trinajstić information content (AvgIpc) is 2.14. The zero-order valence-electron chi connectivity index (χ0n) is 11.3. The van der Waals surface area contributed by atoms with Gasteiger partial charge in [-0.2, -0.15) is 0 Å². The molecule has 1 aliphatic carbocycles. The third-order valence-corrected chi connectivity index (χ3v) is 4.18. The van der Waals surface area contributed by atoms with Gasteiger partial charge in [-0.15, -0.1) is 0 Å². The predicted molar refractivity (Wildman–Crippen MR) is 68.0 cm³/mol. The fraction of sp³-hybridized carbons (Fsp3) is 1.00. The van der Waals surface area contributed by atoms with Gasteiger partial charge in [0.1, 0.15) is 0 Å². The molecule has 1 fully saturated rings. The Balaban J connectivity index is 2.71. The molecule has 0 saturated heterocycles. The van der Waals surface area contributed by atoms with Crippen molar-refractivity contribution < 1.29 is 0 Å². The minimum atomic E-state index is 0.537. The molecular weight excluding hydrogens is 182 g/mol. The van der Waals surface area contributed by atoms with E-state index in [1.807, 2.05) is 0 Å². The summed E-state index contributed by atoms with van der Waals surface area (Å²) < 4.78 is 0. The largest absolute Gasteiger partial charge is 0.314 e. The van der Waals surface area contributed by atoms with Gasteiger partial charge in [-0.3, -0.25) is 0 Å². The Morgan fingerprint density at radius 1 is 1.27 bits per heavy atom. The zero-order chi connectivity index (χ0) is 11.5. The van der Waals surface area contributed by atoms with Gasteiger partial charge in [-0.1, -0.05) is 47.5 Å². The molecule has 0 radical (unpaired) electrons. The van der Waals surface area contributed by atoms with E-state index in [1.54, 1.807) is 0 Å². The summed E-state index contributed by atoms with van der Waals surface area (Å²) in [6.45, 7) is 13.0. The van der Waals surface area contributed by atoms with E-state index in [2.05, 4.69) is 39.9 Å². The first-order valence-corrected chi connectivity index (χ1v) is 6.72. The van der Waals surface area contributed by atoms with Gasteiger partial charge in [0.25, 0.3) is 0 Å². The first-order valence-electron chi connectivity index (χ1n) is 6.72. The molecule has 15 heavy (non-hydrogen) atoms. The van der Waals surface area contributed by atoms with Crippen molar-refractivity contribution in [2.24, 2.45) is 17.3 Å². The van der Waals surface area contributed by atoms with Crippen LogP contribution in [-0.4, -0.2) is 12.6 Å². The molecule has 1 N–H and O–H groups in total. The summed E-state index contributed by atoms with van der Waals surface area (Å²) in [5, 5.41) is 3.71. The maximum atomic E-state index is 3.71. The van der Waals surface area contributed by atoms with Gasteiger partial charge in [0.05, 0.1) is 0 Å². The maximum Gasteiger partial charge on any atom is 0.0123 e. The second-order valence-corrected chi connectivity index (χ2v) is 6.17. The molecule has 0 aliphatic heterocycles. The highest BCUT2D eigenvalue weighted by molar-refractivity contribution is 4.91. The molecule has 0 aromatic heterocycles. The van der Waals surface area contributed by atoms with E-state index in [9.17, 15) is 0 Å². The Morgan fingerprint density at radius 3 is 2.40 bits per heavy atom. The minimum absolute atomic E-state index is 0.537. The molecule has 2 unspecified atom stereocenters. The predicted octanol–water partition coefficient (Wildman–Crippen LogP) is 3.84. The van der Waals surface area contributed by atoms with Gasteiger partial charge in [0.15, 0.2) is 0 Å². The lowest BCUT2D eigenvalue weighted by molar-refractivity contribution is 0.0806. The van der Waals surface area contributed by atoms with E-state index in [0.717, 1.165) is 18.4 Å². The van der Waals surface area contributed by atoms with Crippen LogP contribution in [0.2, 0.25) is 0 Å². The average molecular weight is 211 g/mol. The fourth-order valence-electron chi connectivity index (χ4n) is 3.26. The second kappa shape index (κ2) is 5.34. The second-order valence-electron chi connectivity index (χ2n) is 6.17. The highest BCUT2D eigenvalue weighted by Crippen LogP contribution is 2.43. The number of hydrogen-bond donors (Lipinski definition) is 1. The van der Waals surface area contributed by atoms with Gasteiger partial charge in [-0.05, 0) is 36.6 Å². The Morgan fingerprint density at radius 2 is 1.93 bits per heavy atom. The van der Waals surface area contributed by atoms with E-state index in [4.69, 9.17) is 0 Å². The van der Waals surface area contributed by atoms with Crippen molar-refractivity contribution in [3.63, 3.8) is 0 Å². The van der Waals surface area contributed by atoms with E-state index < -0.39 is 0 Å². The van der Waals surface area contributed by atoms with Crippen LogP contribution in [0.3, 0.4) is 0 Å². The van der Waals surface area contributed by atoms with Crippen LogP contribution in [-0.2, 0) is 0 Å². The zero-order valence-corrected chi connectivity index (χ0v) is 11.3. The normalized spacial score (nSPS) is 28.0. The molecule has 0 spiro atoms. The Labute approximate surface area is 96.0 Å². The SMILES string of the molecule is CCNC(C(C)C)C1CCCCC1(C)C. The van der Waals surface area contributed by atoms with E-state index in [0.29, 0.717) is 11.5 Å². The molecular formula is C14H29N. The molecule has 1 saturated carbocycles. The first kappa shape index (κ1) is 13.0. The lowest BCUT2D eigenvalue weighted by atomic mass is 9.64. The highest BCUT2D eigenvalue weighted by atomic mass is 14.9. The highest BCUT2D eigenvalue weighted by Gasteiger charge is 2.38. The van der Waals surface area contributed by atoms with Crippen molar-refractivity contribution in [1.82, 2.24) is 5.32 Å². The Bertz CT molecular complexity index is 184. The lowest BCUT2D eigenvalue weighted by Crippen LogP contribution is -2.47. The number of nitrogens with one attached hydrogen (secondary N) is 1. The van der Waals surface area contributed by atoms with Crippen molar-refractivity contribution in [2.75, 3.05) is 6.54 Å². The molecule has 1 rings (SSSR count). The summed E-state index contributed by atoms with van der Waals surface area (Å²) in [4.78, 5) is 0. The molecule has 0 bridgehead atoms. The molecule has 0 amide bonds. The Hall–Kier alpha value is -0.0400. The summed E-state index contributed by atoms with van der Waals surface area (Å²) in [7, 11) is 0. The van der Waals surface area contributed by atoms with Crippen LogP contribution in [0.25, 0.3) is 0 Å². The van der Waals surface area contributed by atoms with Gasteiger partial charge in [0.2, 0.25) is 0 Å². The van der Waals surface area contributed by atoms with Crippen LogP contribution in [0.4, 0.5) is 0 Å². The molecule has 90 valence electrons. The summed E-state index contributed by atoms with van der Waals surface area (Å²) in [6.07, 6.45) is 5.69. The van der Waals surface area contributed by atoms with Crippen molar-refractivity contribution in [1.29, 1.82) is 0 Å².